The number of hydrogen-bond acceptors (Lipinski definition) is 3. The van der Waals surface area contributed by atoms with Crippen molar-refractivity contribution in [1.29, 1.82) is 0 Å². The van der Waals surface area contributed by atoms with Gasteiger partial charge in [-0.05, 0) is 56.6 Å². The van der Waals surface area contributed by atoms with Crippen molar-refractivity contribution in [3.05, 3.63) is 29.8 Å². The Labute approximate surface area is 111 Å². The number of hydrogen-bond donors (Lipinski definition) is 1. The van der Waals surface area contributed by atoms with Crippen LogP contribution in [0.3, 0.4) is 0 Å². The van der Waals surface area contributed by atoms with E-state index in [1.54, 1.807) is 7.11 Å². The topological polar surface area (TPSA) is 38.5 Å². The predicted molar refractivity (Wildman–Crippen MR) is 76.8 cm³/mol. The molecule has 0 saturated carbocycles. The van der Waals surface area contributed by atoms with Gasteiger partial charge in [0.05, 0.1) is 7.11 Å². The van der Waals surface area contributed by atoms with E-state index in [0.29, 0.717) is 5.92 Å². The highest BCUT2D eigenvalue weighted by molar-refractivity contribution is 5.28. The molecule has 0 amide bonds. The fourth-order valence-electron chi connectivity index (χ4n) is 1.99. The van der Waals surface area contributed by atoms with Crippen molar-refractivity contribution in [1.82, 2.24) is 4.90 Å². The smallest absolute Gasteiger partial charge is 0.119 e. The maximum Gasteiger partial charge on any atom is 0.119 e. The summed E-state index contributed by atoms with van der Waals surface area (Å²) in [7, 11) is 3.86. The summed E-state index contributed by atoms with van der Waals surface area (Å²) in [6, 6.07) is 8.26. The van der Waals surface area contributed by atoms with Crippen LogP contribution in [0.4, 0.5) is 0 Å². The molecule has 1 rings (SSSR count). The van der Waals surface area contributed by atoms with E-state index in [0.717, 1.165) is 25.4 Å². The molecule has 1 aromatic carbocycles. The lowest BCUT2D eigenvalue weighted by Gasteiger charge is -2.18. The molecule has 0 aliphatic carbocycles. The van der Waals surface area contributed by atoms with Crippen LogP contribution in [-0.4, -0.2) is 32.1 Å². The van der Waals surface area contributed by atoms with Crippen LogP contribution in [-0.2, 0) is 6.54 Å². The molecule has 102 valence electrons. The maximum atomic E-state index is 5.62. The van der Waals surface area contributed by atoms with Crippen molar-refractivity contribution in [3.8, 4) is 5.75 Å². The van der Waals surface area contributed by atoms with E-state index in [1.807, 2.05) is 12.1 Å². The normalized spacial score (nSPS) is 12.7. The minimum atomic E-state index is 0.634. The molecular formula is C15H26N2O. The summed E-state index contributed by atoms with van der Waals surface area (Å²) in [5.41, 5.74) is 6.91. The molecule has 0 aliphatic rings. The summed E-state index contributed by atoms with van der Waals surface area (Å²) in [5, 5.41) is 0. The first-order valence-corrected chi connectivity index (χ1v) is 6.67. The third kappa shape index (κ3) is 5.52. The highest BCUT2D eigenvalue weighted by Crippen LogP contribution is 2.14. The Kier molecular flexibility index (Phi) is 6.76. The minimum absolute atomic E-state index is 0.634. The van der Waals surface area contributed by atoms with Crippen molar-refractivity contribution < 1.29 is 4.74 Å². The molecule has 3 heteroatoms. The number of benzene rings is 1. The number of ether oxygens (including phenoxy) is 1. The van der Waals surface area contributed by atoms with Crippen molar-refractivity contribution >= 4 is 0 Å². The van der Waals surface area contributed by atoms with Gasteiger partial charge >= 0.3 is 0 Å². The van der Waals surface area contributed by atoms with Gasteiger partial charge in [0.25, 0.3) is 0 Å². The SMILES string of the molecule is COc1cccc(CN(C)CCCC(C)CN)c1. The summed E-state index contributed by atoms with van der Waals surface area (Å²) in [6.45, 7) is 5.08. The van der Waals surface area contributed by atoms with Gasteiger partial charge in [0.1, 0.15) is 5.75 Å². The first-order valence-electron chi connectivity index (χ1n) is 6.67. The summed E-state index contributed by atoms with van der Waals surface area (Å²) in [6.07, 6.45) is 2.41. The average molecular weight is 250 g/mol. The van der Waals surface area contributed by atoms with Gasteiger partial charge in [-0.1, -0.05) is 19.1 Å². The summed E-state index contributed by atoms with van der Waals surface area (Å²) in [4.78, 5) is 2.35. The molecule has 0 aliphatic heterocycles. The van der Waals surface area contributed by atoms with Gasteiger partial charge in [-0.2, -0.15) is 0 Å². The summed E-state index contributed by atoms with van der Waals surface area (Å²) < 4.78 is 5.23. The van der Waals surface area contributed by atoms with Gasteiger partial charge in [0.2, 0.25) is 0 Å². The summed E-state index contributed by atoms with van der Waals surface area (Å²) >= 11 is 0. The van der Waals surface area contributed by atoms with E-state index >= 15 is 0 Å². The van der Waals surface area contributed by atoms with Crippen LogP contribution in [0.1, 0.15) is 25.3 Å². The van der Waals surface area contributed by atoms with Crippen molar-refractivity contribution in [2.45, 2.75) is 26.3 Å². The Balaban J connectivity index is 2.32. The van der Waals surface area contributed by atoms with Gasteiger partial charge < -0.3 is 15.4 Å². The number of rotatable bonds is 8. The molecule has 0 heterocycles. The molecule has 2 N–H and O–H groups in total. The van der Waals surface area contributed by atoms with E-state index < -0.39 is 0 Å². The predicted octanol–water partition coefficient (Wildman–Crippen LogP) is 2.50. The summed E-state index contributed by atoms with van der Waals surface area (Å²) in [5.74, 6) is 1.56. The van der Waals surface area contributed by atoms with Crippen LogP contribution in [0.15, 0.2) is 24.3 Å². The molecule has 0 fully saturated rings. The van der Waals surface area contributed by atoms with Crippen molar-refractivity contribution in [3.63, 3.8) is 0 Å². The second-order valence-electron chi connectivity index (χ2n) is 5.07. The first-order chi connectivity index (χ1) is 8.65. The zero-order valence-corrected chi connectivity index (χ0v) is 11.9. The fraction of sp³-hybridized carbons (Fsp3) is 0.600. The zero-order chi connectivity index (χ0) is 13.4. The van der Waals surface area contributed by atoms with Gasteiger partial charge in [-0.25, -0.2) is 0 Å². The van der Waals surface area contributed by atoms with Crippen LogP contribution >= 0.6 is 0 Å². The molecule has 18 heavy (non-hydrogen) atoms. The Morgan fingerprint density at radius 2 is 2.17 bits per heavy atom. The lowest BCUT2D eigenvalue weighted by molar-refractivity contribution is 0.308. The molecule has 0 aromatic heterocycles. The van der Waals surface area contributed by atoms with E-state index in [9.17, 15) is 0 Å². The molecule has 1 atom stereocenters. The third-order valence-electron chi connectivity index (χ3n) is 3.23. The Bertz CT molecular complexity index is 341. The van der Waals surface area contributed by atoms with Gasteiger partial charge in [-0.3, -0.25) is 0 Å². The highest BCUT2D eigenvalue weighted by Gasteiger charge is 2.03. The van der Waals surface area contributed by atoms with Gasteiger partial charge in [0.15, 0.2) is 0 Å². The zero-order valence-electron chi connectivity index (χ0n) is 11.9. The molecule has 0 radical (unpaired) electrons. The number of nitrogens with two attached hydrogens (primary N) is 1. The highest BCUT2D eigenvalue weighted by atomic mass is 16.5. The van der Waals surface area contributed by atoms with E-state index in [1.165, 1.54) is 18.4 Å². The third-order valence-corrected chi connectivity index (χ3v) is 3.23. The fourth-order valence-corrected chi connectivity index (χ4v) is 1.99. The molecular weight excluding hydrogens is 224 g/mol. The Morgan fingerprint density at radius 1 is 1.39 bits per heavy atom. The molecule has 0 bridgehead atoms. The molecule has 0 saturated heterocycles. The van der Waals surface area contributed by atoms with E-state index in [2.05, 4.69) is 31.0 Å². The van der Waals surface area contributed by atoms with E-state index in [4.69, 9.17) is 10.5 Å². The Hall–Kier alpha value is -1.06. The van der Waals surface area contributed by atoms with Crippen LogP contribution < -0.4 is 10.5 Å². The van der Waals surface area contributed by atoms with Crippen molar-refractivity contribution in [2.24, 2.45) is 11.7 Å². The molecule has 0 spiro atoms. The van der Waals surface area contributed by atoms with Gasteiger partial charge in [-0.15, -0.1) is 0 Å². The number of methoxy groups -OCH3 is 1. The Morgan fingerprint density at radius 3 is 2.83 bits per heavy atom. The second-order valence-corrected chi connectivity index (χ2v) is 5.07. The lowest BCUT2D eigenvalue weighted by atomic mass is 10.1. The lowest BCUT2D eigenvalue weighted by Crippen LogP contribution is -2.20. The second kappa shape index (κ2) is 8.11. The monoisotopic (exact) mass is 250 g/mol. The van der Waals surface area contributed by atoms with E-state index in [-0.39, 0.29) is 0 Å². The maximum absolute atomic E-state index is 5.62. The van der Waals surface area contributed by atoms with Gasteiger partial charge in [0, 0.05) is 6.54 Å². The quantitative estimate of drug-likeness (QED) is 0.770. The minimum Gasteiger partial charge on any atom is -0.497 e. The van der Waals surface area contributed by atoms with Crippen LogP contribution in [0.25, 0.3) is 0 Å². The van der Waals surface area contributed by atoms with Crippen LogP contribution in [0.5, 0.6) is 5.75 Å². The number of nitrogens with zero attached hydrogens (tertiary/aromatic N) is 1. The average Bonchev–Trinajstić information content (AvgIpc) is 2.38. The van der Waals surface area contributed by atoms with Crippen LogP contribution in [0.2, 0.25) is 0 Å². The molecule has 3 nitrogen and oxygen atoms in total. The largest absolute Gasteiger partial charge is 0.497 e. The molecule has 1 aromatic rings. The first kappa shape index (κ1) is 15.0. The molecule has 1 unspecified atom stereocenters. The van der Waals surface area contributed by atoms with Crippen molar-refractivity contribution in [2.75, 3.05) is 27.2 Å². The standard InChI is InChI=1S/C15H26N2O/c1-13(11-16)6-5-9-17(2)12-14-7-4-8-15(10-14)18-3/h4,7-8,10,13H,5-6,9,11-12,16H2,1-3H3. The van der Waals surface area contributed by atoms with Crippen LogP contribution in [0, 0.1) is 5.92 Å².